The number of thiophene rings is 1. The Hall–Kier alpha value is -0.470. The first kappa shape index (κ1) is 15.9. The summed E-state index contributed by atoms with van der Waals surface area (Å²) < 4.78 is 27.3. The average molecular weight is 318 g/mol. The second-order valence-corrected chi connectivity index (χ2v) is 8.49. The Bertz CT molecular complexity index is 554. The van der Waals surface area contributed by atoms with Crippen molar-refractivity contribution in [3.63, 3.8) is 0 Å². The van der Waals surface area contributed by atoms with Crippen molar-refractivity contribution in [2.45, 2.75) is 31.3 Å². The maximum Gasteiger partial charge on any atom is 0.241 e. The summed E-state index contributed by atoms with van der Waals surface area (Å²) in [6, 6.07) is 1.56. The monoisotopic (exact) mass is 318 g/mol. The van der Waals surface area contributed by atoms with E-state index in [9.17, 15) is 8.42 Å². The van der Waals surface area contributed by atoms with E-state index >= 15 is 0 Å². The zero-order valence-corrected chi connectivity index (χ0v) is 13.6. The highest BCUT2D eigenvalue weighted by Gasteiger charge is 2.23. The summed E-state index contributed by atoms with van der Waals surface area (Å²) in [7, 11) is -1.40. The number of nitrogens with zero attached hydrogens (tertiary/aromatic N) is 1. The molecule has 0 saturated carbocycles. The molecule has 2 N–H and O–H groups in total. The van der Waals surface area contributed by atoms with Gasteiger partial charge in [0.25, 0.3) is 0 Å². The maximum atomic E-state index is 12.3. The minimum Gasteiger partial charge on any atom is -0.391 e. The molecule has 1 aliphatic heterocycles. The molecule has 1 saturated heterocycles. The molecule has 1 aliphatic rings. The lowest BCUT2D eigenvalue weighted by Gasteiger charge is -2.29. The normalized spacial score (nSPS) is 21.2. The van der Waals surface area contributed by atoms with E-state index in [0.717, 1.165) is 30.8 Å². The zero-order valence-electron chi connectivity index (χ0n) is 11.9. The number of aliphatic hydroxyl groups is 1. The van der Waals surface area contributed by atoms with Crippen molar-refractivity contribution >= 4 is 21.4 Å². The summed E-state index contributed by atoms with van der Waals surface area (Å²) in [6.07, 6.45) is 2.19. The van der Waals surface area contributed by atoms with Crippen molar-refractivity contribution < 1.29 is 13.5 Å². The summed E-state index contributed by atoms with van der Waals surface area (Å²) in [6.45, 7) is 4.16. The van der Waals surface area contributed by atoms with Gasteiger partial charge in [0.05, 0.1) is 11.5 Å². The molecule has 114 valence electrons. The second kappa shape index (κ2) is 6.53. The molecule has 0 radical (unpaired) electrons. The molecule has 0 spiro atoms. The van der Waals surface area contributed by atoms with Gasteiger partial charge in [0, 0.05) is 22.8 Å². The van der Waals surface area contributed by atoms with Crippen LogP contribution in [0.4, 0.5) is 0 Å². The topological polar surface area (TPSA) is 69.6 Å². The summed E-state index contributed by atoms with van der Waals surface area (Å²) in [5.41, 5.74) is 0. The van der Waals surface area contributed by atoms with Gasteiger partial charge in [-0.05, 0) is 45.3 Å². The van der Waals surface area contributed by atoms with Crippen LogP contribution in [0.3, 0.4) is 0 Å². The van der Waals surface area contributed by atoms with Crippen molar-refractivity contribution in [2.75, 3.05) is 26.7 Å². The molecular formula is C13H22N2O3S2. The van der Waals surface area contributed by atoms with Crippen molar-refractivity contribution in [3.8, 4) is 0 Å². The summed E-state index contributed by atoms with van der Waals surface area (Å²) >= 11 is 1.33. The number of piperidine rings is 1. The molecule has 0 amide bonds. The Kier molecular flexibility index (Phi) is 5.19. The highest BCUT2D eigenvalue weighted by atomic mass is 32.2. The van der Waals surface area contributed by atoms with Gasteiger partial charge >= 0.3 is 0 Å². The summed E-state index contributed by atoms with van der Waals surface area (Å²) in [5.74, 6) is 0.375. The Morgan fingerprint density at radius 3 is 2.90 bits per heavy atom. The van der Waals surface area contributed by atoms with Gasteiger partial charge < -0.3 is 10.0 Å². The first-order valence-electron chi connectivity index (χ1n) is 6.80. The fourth-order valence-electron chi connectivity index (χ4n) is 2.61. The number of hydrogen-bond acceptors (Lipinski definition) is 5. The molecule has 5 nitrogen and oxygen atoms in total. The molecule has 20 heavy (non-hydrogen) atoms. The van der Waals surface area contributed by atoms with Crippen LogP contribution in [0.2, 0.25) is 0 Å². The first-order chi connectivity index (χ1) is 9.42. The van der Waals surface area contributed by atoms with Gasteiger partial charge in [-0.15, -0.1) is 11.3 Å². The van der Waals surface area contributed by atoms with Crippen LogP contribution in [0.5, 0.6) is 0 Å². The Morgan fingerprint density at radius 1 is 1.55 bits per heavy atom. The molecule has 1 fully saturated rings. The van der Waals surface area contributed by atoms with Gasteiger partial charge in [0.1, 0.15) is 0 Å². The van der Waals surface area contributed by atoms with E-state index in [1.807, 2.05) is 0 Å². The SMILES string of the molecule is Cc1sc(CO)cc1S(=O)(=O)NCC1CCCN(C)C1. The molecular weight excluding hydrogens is 296 g/mol. The number of hydrogen-bond donors (Lipinski definition) is 2. The quantitative estimate of drug-likeness (QED) is 0.855. The van der Waals surface area contributed by atoms with E-state index in [4.69, 9.17) is 5.11 Å². The maximum absolute atomic E-state index is 12.3. The molecule has 2 rings (SSSR count). The van der Waals surface area contributed by atoms with Crippen LogP contribution in [0.15, 0.2) is 11.0 Å². The van der Waals surface area contributed by atoms with Gasteiger partial charge in [-0.25, -0.2) is 13.1 Å². The fraction of sp³-hybridized carbons (Fsp3) is 0.692. The standard InChI is InChI=1S/C13H22N2O3S2/c1-10-13(6-12(9-16)19-10)20(17,18)14-7-11-4-3-5-15(2)8-11/h6,11,14,16H,3-5,7-9H2,1-2H3. The van der Waals surface area contributed by atoms with Gasteiger partial charge in [0.2, 0.25) is 10.0 Å². The molecule has 1 aromatic rings. The highest BCUT2D eigenvalue weighted by molar-refractivity contribution is 7.89. The van der Waals surface area contributed by atoms with E-state index in [0.29, 0.717) is 22.2 Å². The van der Waals surface area contributed by atoms with E-state index in [1.54, 1.807) is 13.0 Å². The Morgan fingerprint density at radius 2 is 2.30 bits per heavy atom. The van der Waals surface area contributed by atoms with Crippen LogP contribution in [0.25, 0.3) is 0 Å². The van der Waals surface area contributed by atoms with Crippen molar-refractivity contribution in [2.24, 2.45) is 5.92 Å². The lowest BCUT2D eigenvalue weighted by molar-refractivity contribution is 0.211. The minimum absolute atomic E-state index is 0.117. The van der Waals surface area contributed by atoms with E-state index in [-0.39, 0.29) is 6.61 Å². The Labute approximate surface area is 124 Å². The molecule has 0 aromatic carbocycles. The van der Waals surface area contributed by atoms with Crippen LogP contribution in [0.1, 0.15) is 22.6 Å². The van der Waals surface area contributed by atoms with Gasteiger partial charge in [-0.3, -0.25) is 0 Å². The van der Waals surface area contributed by atoms with Gasteiger partial charge in [-0.2, -0.15) is 0 Å². The van der Waals surface area contributed by atoms with Crippen molar-refractivity contribution in [1.82, 2.24) is 9.62 Å². The first-order valence-corrected chi connectivity index (χ1v) is 9.10. The number of likely N-dealkylation sites (tertiary alicyclic amines) is 1. The largest absolute Gasteiger partial charge is 0.391 e. The molecule has 2 heterocycles. The number of aliphatic hydroxyl groups excluding tert-OH is 1. The van der Waals surface area contributed by atoms with Crippen LogP contribution < -0.4 is 4.72 Å². The number of aryl methyl sites for hydroxylation is 1. The average Bonchev–Trinajstić information content (AvgIpc) is 2.79. The molecule has 7 heteroatoms. The molecule has 1 unspecified atom stereocenters. The Balaban J connectivity index is 2.01. The predicted molar refractivity (Wildman–Crippen MR) is 80.4 cm³/mol. The summed E-state index contributed by atoms with van der Waals surface area (Å²) in [4.78, 5) is 3.95. The molecule has 1 atom stereocenters. The van der Waals surface area contributed by atoms with E-state index in [1.165, 1.54) is 11.3 Å². The van der Waals surface area contributed by atoms with Gasteiger partial charge in [-0.1, -0.05) is 0 Å². The zero-order chi connectivity index (χ0) is 14.8. The lowest BCUT2D eigenvalue weighted by atomic mass is 9.99. The minimum atomic E-state index is -3.47. The van der Waals surface area contributed by atoms with E-state index < -0.39 is 10.0 Å². The highest BCUT2D eigenvalue weighted by Crippen LogP contribution is 2.26. The van der Waals surface area contributed by atoms with Crippen LogP contribution in [-0.2, 0) is 16.6 Å². The number of sulfonamides is 1. The number of rotatable bonds is 5. The molecule has 0 bridgehead atoms. The van der Waals surface area contributed by atoms with E-state index in [2.05, 4.69) is 16.7 Å². The van der Waals surface area contributed by atoms with Gasteiger partial charge in [0.15, 0.2) is 0 Å². The fourth-order valence-corrected chi connectivity index (χ4v) is 5.22. The lowest BCUT2D eigenvalue weighted by Crippen LogP contribution is -2.39. The summed E-state index contributed by atoms with van der Waals surface area (Å²) in [5, 5.41) is 9.09. The molecule has 1 aromatic heterocycles. The third-order valence-electron chi connectivity index (χ3n) is 3.65. The smallest absolute Gasteiger partial charge is 0.241 e. The predicted octanol–water partition coefficient (Wildman–Crippen LogP) is 1.17. The number of nitrogens with one attached hydrogen (secondary N) is 1. The third kappa shape index (κ3) is 3.79. The van der Waals surface area contributed by atoms with Crippen LogP contribution in [0, 0.1) is 12.8 Å². The second-order valence-electron chi connectivity index (χ2n) is 5.41. The van der Waals surface area contributed by atoms with Crippen LogP contribution >= 0.6 is 11.3 Å². The molecule has 0 aliphatic carbocycles. The van der Waals surface area contributed by atoms with Crippen molar-refractivity contribution in [1.29, 1.82) is 0 Å². The van der Waals surface area contributed by atoms with Crippen LogP contribution in [-0.4, -0.2) is 45.1 Å². The third-order valence-corrected chi connectivity index (χ3v) is 6.37. The van der Waals surface area contributed by atoms with Crippen molar-refractivity contribution in [3.05, 3.63) is 15.8 Å².